The fourth-order valence-electron chi connectivity index (χ4n) is 19.1. The second-order valence-corrected chi connectivity index (χ2v) is 47.9. The van der Waals surface area contributed by atoms with Crippen LogP contribution >= 0.6 is 0 Å². The second kappa shape index (κ2) is 50.2. The van der Waals surface area contributed by atoms with Gasteiger partial charge >= 0.3 is 17.9 Å². The van der Waals surface area contributed by atoms with Gasteiger partial charge in [-0.1, -0.05) is 263 Å². The number of hydrogen-bond acceptors (Lipinski definition) is 19. The first kappa shape index (κ1) is 119. The molecule has 0 atom stereocenters. The first-order chi connectivity index (χ1) is 69.7. The summed E-state index contributed by atoms with van der Waals surface area (Å²) in [6, 6.07) is 34.4. The standard InChI is InChI=1S/C125H173N5O19/c1-34-128(35-2)104(133)72-144-112-82-46-78-54-94(118(10,11)12)55-79(47-83-59-97(121(19,20)21)61-85(113(83)145-73-105(134)129(36-3)37-4)51-87-63-98(122(22,23)24)62-86(50-84(112)60-96(58-82)120(16,17)18)114(87)146-74-106(135)130(38-5)39-6)110(78)142-70-102(131)126-44-43-45-127-103(132)71-143-111-80-48-88-64-99(123(25,26)27)66-90(115(88)147-75-107(136)139-40-7)52-92-68-101(125(31,32)33)69-93(117(92)149-77-109(138)141-42-9)53-91-67-100(124(28,29)30)65-89(116(91)148-76-108(137)140-41-8)49-81(111)57-95(56-80)119(13,14)15/h54-69H,34-53,70-77H2,1-33H3,(H,126,131)(H,127,132). The van der Waals surface area contributed by atoms with Gasteiger partial charge in [0.2, 0.25) is 0 Å². The number of nitrogens with zero attached hydrogens (tertiary/aromatic N) is 3. The zero-order chi connectivity index (χ0) is 110. The Morgan fingerprint density at radius 1 is 0.215 bits per heavy atom. The van der Waals surface area contributed by atoms with Crippen LogP contribution in [-0.2, 0) is 147 Å². The molecule has 0 unspecified atom stereocenters. The number of ether oxygens (including phenoxy) is 11. The van der Waals surface area contributed by atoms with E-state index in [4.69, 9.17) is 52.1 Å². The molecule has 8 aromatic carbocycles. The van der Waals surface area contributed by atoms with Gasteiger partial charge in [0, 0.05) is 104 Å². The lowest BCUT2D eigenvalue weighted by molar-refractivity contribution is -0.146. The van der Waals surface area contributed by atoms with Crippen molar-refractivity contribution < 1.29 is 90.5 Å². The molecular weight excluding hydrogens is 1880 g/mol. The molecule has 0 radical (unpaired) electrons. The predicted octanol–water partition coefficient (Wildman–Crippen LogP) is 22.1. The van der Waals surface area contributed by atoms with Crippen LogP contribution in [0.4, 0.5) is 0 Å². The molecule has 0 aliphatic heterocycles. The highest BCUT2D eigenvalue weighted by atomic mass is 16.6. The second-order valence-electron chi connectivity index (χ2n) is 47.9. The summed E-state index contributed by atoms with van der Waals surface area (Å²) >= 11 is 0. The number of amides is 5. The van der Waals surface area contributed by atoms with Crippen LogP contribution in [0.15, 0.2) is 97.1 Å². The summed E-state index contributed by atoms with van der Waals surface area (Å²) in [6.45, 7) is 69.6. The largest absolute Gasteiger partial charge is 0.483 e. The molecule has 812 valence electrons. The molecule has 0 saturated heterocycles. The Morgan fingerprint density at radius 2 is 0.349 bits per heavy atom. The van der Waals surface area contributed by atoms with Crippen LogP contribution in [0.3, 0.4) is 0 Å². The SMILES string of the molecule is CCOC(=O)COc1c2cc(C(C)(C)C)cc1Cc1cc(C(C)(C)C)cc(c1OCC(=O)OCC)Cc1cc(C(C)(C)C)cc(c1OCC(=O)OCC)Cc1cc(C(C)(C)C)cc(c1OCC(=O)NCCCNC(=O)COc1c3cc(C(C)(C)C)cc1Cc1cc(C(C)(C)C)cc(c1OCC(=O)N(CC)CC)Cc1cc(C(C)(C)C)cc(c1OCC(=O)N(CC)CC)Cc1cc(C(C)(C)C)cc(c1OCC(=O)N(CC)CC)C3)C2. The number of esters is 3. The van der Waals surface area contributed by atoms with Crippen molar-refractivity contribution in [3.05, 3.63) is 231 Å². The van der Waals surface area contributed by atoms with E-state index in [9.17, 15) is 33.6 Å². The monoisotopic (exact) mass is 2050 g/mol. The molecule has 0 aromatic heterocycles. The quantitative estimate of drug-likeness (QED) is 0.0208. The molecule has 2 N–H and O–H groups in total. The van der Waals surface area contributed by atoms with Gasteiger partial charge in [-0.15, -0.1) is 0 Å². The Kier molecular flexibility index (Phi) is 40.1. The molecule has 8 aromatic rings. The Morgan fingerprint density at radius 3 is 0.477 bits per heavy atom. The van der Waals surface area contributed by atoms with Gasteiger partial charge in [0.05, 0.1) is 19.8 Å². The third-order valence-electron chi connectivity index (χ3n) is 27.9. The van der Waals surface area contributed by atoms with Crippen LogP contribution < -0.4 is 48.5 Å². The summed E-state index contributed by atoms with van der Waals surface area (Å²) in [4.78, 5) is 120. The molecule has 149 heavy (non-hydrogen) atoms. The molecule has 10 rings (SSSR count). The number of benzene rings is 8. The predicted molar refractivity (Wildman–Crippen MR) is 592 cm³/mol. The summed E-state index contributed by atoms with van der Waals surface area (Å²) in [7, 11) is 0. The molecule has 24 heteroatoms. The van der Waals surface area contributed by atoms with Gasteiger partial charge in [-0.25, -0.2) is 14.4 Å². The Bertz CT molecular complexity index is 5830. The molecular formula is C125H173N5O19. The van der Waals surface area contributed by atoms with Crippen molar-refractivity contribution in [1.29, 1.82) is 0 Å². The number of carbonyl (C=O) groups excluding carboxylic acids is 8. The number of fused-ring (bicyclic) bond motifs is 16. The fraction of sp³-hybridized carbons (Fsp3) is 0.552. The minimum atomic E-state index is -0.563. The van der Waals surface area contributed by atoms with Gasteiger partial charge < -0.3 is 77.4 Å². The van der Waals surface area contributed by atoms with E-state index in [0.717, 1.165) is 111 Å². The summed E-state index contributed by atoms with van der Waals surface area (Å²) in [6.07, 6.45) is 1.91. The van der Waals surface area contributed by atoms with Crippen LogP contribution in [-0.4, -0.2) is 187 Å². The molecule has 24 nitrogen and oxygen atoms in total. The van der Waals surface area contributed by atoms with Gasteiger partial charge in [0.25, 0.3) is 29.5 Å². The fourth-order valence-corrected chi connectivity index (χ4v) is 19.1. The average Bonchev–Trinajstić information content (AvgIpc) is 0.758. The van der Waals surface area contributed by atoms with Gasteiger partial charge in [0.15, 0.2) is 52.9 Å². The van der Waals surface area contributed by atoms with E-state index in [1.807, 2.05) is 41.5 Å². The third kappa shape index (κ3) is 31.8. The number of rotatable bonds is 37. The van der Waals surface area contributed by atoms with Crippen molar-refractivity contribution in [3.63, 3.8) is 0 Å². The van der Waals surface area contributed by atoms with E-state index in [-0.39, 0.29) is 122 Å². The van der Waals surface area contributed by atoms with E-state index < -0.39 is 106 Å². The maximum atomic E-state index is 15.1. The zero-order valence-electron chi connectivity index (χ0n) is 96.1. The van der Waals surface area contributed by atoms with Gasteiger partial charge in [-0.3, -0.25) is 24.0 Å². The van der Waals surface area contributed by atoms with E-state index in [0.29, 0.717) is 114 Å². The Hall–Kier alpha value is -12.1. The van der Waals surface area contributed by atoms with Crippen LogP contribution in [0, 0.1) is 0 Å². The Labute approximate surface area is 889 Å². The maximum absolute atomic E-state index is 15.1. The van der Waals surface area contributed by atoms with Gasteiger partial charge in [0.1, 0.15) is 46.0 Å². The summed E-state index contributed by atoms with van der Waals surface area (Å²) < 4.78 is 73.0. The van der Waals surface area contributed by atoms with Crippen molar-refractivity contribution in [2.75, 3.05) is 125 Å². The molecule has 0 fully saturated rings. The van der Waals surface area contributed by atoms with E-state index in [1.54, 1.807) is 35.5 Å². The molecule has 0 spiro atoms. The van der Waals surface area contributed by atoms with E-state index in [1.165, 1.54) is 0 Å². The maximum Gasteiger partial charge on any atom is 0.344 e. The third-order valence-corrected chi connectivity index (χ3v) is 27.9. The lowest BCUT2D eigenvalue weighted by atomic mass is 9.79. The zero-order valence-corrected chi connectivity index (χ0v) is 96.1. The number of likely N-dealkylation sites (N-methyl/N-ethyl adjacent to an activating group) is 3. The lowest BCUT2D eigenvalue weighted by Crippen LogP contribution is -2.35. The number of hydrogen-bond donors (Lipinski definition) is 2. The molecule has 2 aliphatic rings. The highest BCUT2D eigenvalue weighted by Crippen LogP contribution is 2.49. The molecule has 16 bridgehead atoms. The summed E-state index contributed by atoms with van der Waals surface area (Å²) in [5.41, 5.74) is 16.3. The van der Waals surface area contributed by atoms with Crippen LogP contribution in [0.25, 0.3) is 0 Å². The van der Waals surface area contributed by atoms with Gasteiger partial charge in [-0.2, -0.15) is 0 Å². The molecule has 0 heterocycles. The lowest BCUT2D eigenvalue weighted by Gasteiger charge is -2.29. The molecule has 2 aliphatic carbocycles. The van der Waals surface area contributed by atoms with Crippen molar-refractivity contribution in [3.8, 4) is 46.0 Å². The van der Waals surface area contributed by atoms with E-state index >= 15 is 4.79 Å². The highest BCUT2D eigenvalue weighted by molar-refractivity contribution is 5.81. The minimum absolute atomic E-state index is 0.128. The van der Waals surface area contributed by atoms with Crippen molar-refractivity contribution in [2.45, 2.75) is 330 Å². The summed E-state index contributed by atoms with van der Waals surface area (Å²) in [5, 5.41) is 6.24. The smallest absolute Gasteiger partial charge is 0.344 e. The minimum Gasteiger partial charge on any atom is -0.483 e. The van der Waals surface area contributed by atoms with Crippen molar-refractivity contribution in [1.82, 2.24) is 25.3 Å². The van der Waals surface area contributed by atoms with Crippen molar-refractivity contribution in [2.24, 2.45) is 0 Å². The first-order valence-corrected chi connectivity index (χ1v) is 53.9. The van der Waals surface area contributed by atoms with Crippen LogP contribution in [0.5, 0.6) is 46.0 Å². The van der Waals surface area contributed by atoms with Crippen LogP contribution in [0.1, 0.15) is 368 Å². The average molecular weight is 2050 g/mol. The topological polar surface area (TPSA) is 272 Å². The Balaban J connectivity index is 1.08. The van der Waals surface area contributed by atoms with Crippen molar-refractivity contribution >= 4 is 47.4 Å². The molecule has 0 saturated carbocycles. The molecule has 5 amide bonds. The highest BCUT2D eigenvalue weighted by Gasteiger charge is 2.37. The summed E-state index contributed by atoms with van der Waals surface area (Å²) in [5.74, 6) is 0.702. The van der Waals surface area contributed by atoms with E-state index in [2.05, 4.69) is 274 Å². The first-order valence-electron chi connectivity index (χ1n) is 53.9. The number of nitrogens with one attached hydrogen (secondary N) is 2. The normalized spacial score (nSPS) is 13.0. The number of carbonyl (C=O) groups is 8. The van der Waals surface area contributed by atoms with Crippen LogP contribution in [0.2, 0.25) is 0 Å². The van der Waals surface area contributed by atoms with Gasteiger partial charge in [-0.05, 0) is 246 Å².